The molecule has 1 amide bonds. The van der Waals surface area contributed by atoms with E-state index in [2.05, 4.69) is 12.2 Å². The molecule has 0 bridgehead atoms. The quantitative estimate of drug-likeness (QED) is 0.536. The molecule has 3 unspecified atom stereocenters. The van der Waals surface area contributed by atoms with Crippen LogP contribution < -0.4 is 5.32 Å². The predicted octanol–water partition coefficient (Wildman–Crippen LogP) is 0.503. The lowest BCUT2D eigenvalue weighted by molar-refractivity contribution is -0.158. The fraction of sp³-hybridized carbons (Fsp3) is 0.818. The maximum absolute atomic E-state index is 11.8. The summed E-state index contributed by atoms with van der Waals surface area (Å²) in [6, 6.07) is -0.785. The van der Waals surface area contributed by atoms with Crippen LogP contribution in [0.3, 0.4) is 0 Å². The van der Waals surface area contributed by atoms with Gasteiger partial charge in [-0.05, 0) is 13.0 Å². The highest BCUT2D eigenvalue weighted by atomic mass is 32.2. The van der Waals surface area contributed by atoms with Crippen LogP contribution in [-0.2, 0) is 9.59 Å². The Labute approximate surface area is 105 Å². The molecule has 0 aromatic rings. The zero-order valence-corrected chi connectivity index (χ0v) is 10.7. The van der Waals surface area contributed by atoms with E-state index in [1.165, 1.54) is 4.90 Å². The van der Waals surface area contributed by atoms with Crippen molar-refractivity contribution < 1.29 is 14.7 Å². The van der Waals surface area contributed by atoms with Crippen molar-refractivity contribution in [1.82, 2.24) is 10.2 Å². The van der Waals surface area contributed by atoms with Crippen molar-refractivity contribution in [2.75, 3.05) is 12.3 Å². The molecule has 2 rings (SSSR count). The van der Waals surface area contributed by atoms with Crippen molar-refractivity contribution in [3.63, 3.8) is 0 Å². The lowest BCUT2D eigenvalue weighted by Gasteiger charge is -2.43. The summed E-state index contributed by atoms with van der Waals surface area (Å²) in [5.41, 5.74) is 0. The second-order valence-electron chi connectivity index (χ2n) is 4.46. The van der Waals surface area contributed by atoms with Crippen molar-refractivity contribution >= 4 is 23.6 Å². The second-order valence-corrected chi connectivity index (χ2v) is 5.61. The first kappa shape index (κ1) is 12.7. The van der Waals surface area contributed by atoms with Gasteiger partial charge in [0.15, 0.2) is 0 Å². The van der Waals surface area contributed by atoms with Crippen LogP contribution in [0.1, 0.15) is 26.2 Å². The van der Waals surface area contributed by atoms with Crippen LogP contribution in [-0.4, -0.2) is 51.6 Å². The zero-order chi connectivity index (χ0) is 12.4. The lowest BCUT2D eigenvalue weighted by Crippen LogP contribution is -2.69. The Morgan fingerprint density at radius 3 is 3.00 bits per heavy atom. The molecule has 2 N–H and O–H groups in total. The molecule has 2 heterocycles. The molecule has 2 aliphatic rings. The molecule has 17 heavy (non-hydrogen) atoms. The summed E-state index contributed by atoms with van der Waals surface area (Å²) < 4.78 is 0. The van der Waals surface area contributed by atoms with Gasteiger partial charge in [0.05, 0.1) is 0 Å². The van der Waals surface area contributed by atoms with Crippen LogP contribution >= 0.6 is 11.8 Å². The summed E-state index contributed by atoms with van der Waals surface area (Å²) in [4.78, 5) is 24.2. The Morgan fingerprint density at radius 1 is 1.59 bits per heavy atom. The number of aliphatic carboxylic acids is 1. The maximum Gasteiger partial charge on any atom is 0.327 e. The average molecular weight is 258 g/mol. The van der Waals surface area contributed by atoms with E-state index in [0.717, 1.165) is 25.8 Å². The molecule has 0 aromatic heterocycles. The Kier molecular flexibility index (Phi) is 3.93. The number of nitrogens with zero attached hydrogens (tertiary/aromatic N) is 1. The number of β-lactam (4-membered cyclic amide) rings is 1. The highest BCUT2D eigenvalue weighted by Gasteiger charge is 2.56. The number of fused-ring (bicyclic) bond motifs is 1. The molecule has 5 nitrogen and oxygen atoms in total. The van der Waals surface area contributed by atoms with E-state index >= 15 is 0 Å². The number of hydrogen-bond acceptors (Lipinski definition) is 4. The van der Waals surface area contributed by atoms with Gasteiger partial charge in [0.25, 0.3) is 0 Å². The van der Waals surface area contributed by atoms with E-state index in [9.17, 15) is 9.59 Å². The van der Waals surface area contributed by atoms with Crippen LogP contribution in [0.4, 0.5) is 0 Å². The molecule has 6 heteroatoms. The van der Waals surface area contributed by atoms with Crippen LogP contribution in [0.2, 0.25) is 0 Å². The number of thioether (sulfide) groups is 1. The molecule has 2 fully saturated rings. The first-order valence-electron chi connectivity index (χ1n) is 6.06. The Morgan fingerprint density at radius 2 is 2.35 bits per heavy atom. The summed E-state index contributed by atoms with van der Waals surface area (Å²) in [5.74, 6) is -0.430. The normalized spacial score (nSPS) is 31.2. The van der Waals surface area contributed by atoms with Crippen LogP contribution in [0, 0.1) is 0 Å². The number of carbonyl (C=O) groups is 2. The Hall–Kier alpha value is -0.750. The number of nitrogens with one attached hydrogen (secondary N) is 1. The van der Waals surface area contributed by atoms with E-state index in [-0.39, 0.29) is 17.3 Å². The van der Waals surface area contributed by atoms with Crippen molar-refractivity contribution in [1.29, 1.82) is 0 Å². The number of carbonyl (C=O) groups excluding carboxylic acids is 1. The highest BCUT2D eigenvalue weighted by Crippen LogP contribution is 2.39. The smallest absolute Gasteiger partial charge is 0.327 e. The summed E-state index contributed by atoms with van der Waals surface area (Å²) in [6.45, 7) is 2.98. The van der Waals surface area contributed by atoms with E-state index in [1.807, 2.05) is 0 Å². The molecule has 0 spiro atoms. The minimum absolute atomic E-state index is 0.0326. The van der Waals surface area contributed by atoms with Gasteiger partial charge in [-0.1, -0.05) is 19.8 Å². The molecule has 0 saturated carbocycles. The third kappa shape index (κ3) is 2.28. The number of carboxylic acids is 1. The van der Waals surface area contributed by atoms with Crippen molar-refractivity contribution in [3.05, 3.63) is 0 Å². The molecule has 96 valence electrons. The predicted molar refractivity (Wildman–Crippen MR) is 65.8 cm³/mol. The average Bonchev–Trinajstić information content (AvgIpc) is 2.69. The minimum Gasteiger partial charge on any atom is -0.480 e. The molecule has 3 atom stereocenters. The monoisotopic (exact) mass is 258 g/mol. The van der Waals surface area contributed by atoms with Gasteiger partial charge in [-0.3, -0.25) is 4.79 Å². The molecule has 0 aliphatic carbocycles. The van der Waals surface area contributed by atoms with Gasteiger partial charge >= 0.3 is 5.97 Å². The summed E-state index contributed by atoms with van der Waals surface area (Å²) in [5, 5.41) is 12.2. The van der Waals surface area contributed by atoms with Crippen LogP contribution in [0.25, 0.3) is 0 Å². The summed E-state index contributed by atoms with van der Waals surface area (Å²) in [6.07, 6.45) is 3.39. The molecule has 2 saturated heterocycles. The fourth-order valence-electron chi connectivity index (χ4n) is 2.27. The van der Waals surface area contributed by atoms with E-state index in [1.54, 1.807) is 11.8 Å². The summed E-state index contributed by atoms with van der Waals surface area (Å²) >= 11 is 1.57. The van der Waals surface area contributed by atoms with E-state index in [4.69, 9.17) is 5.11 Å². The first-order chi connectivity index (χ1) is 8.16. The summed E-state index contributed by atoms with van der Waals surface area (Å²) in [7, 11) is 0. The Balaban J connectivity index is 1.81. The van der Waals surface area contributed by atoms with Gasteiger partial charge < -0.3 is 15.3 Å². The standard InChI is InChI=1S/C11H18N2O3S/c1-2-3-4-5-12-8-9(14)13-7(11(15)16)6-17-10(8)13/h7-8,10,12H,2-6H2,1H3,(H,15,16). The van der Waals surface area contributed by atoms with Crippen LogP contribution in [0.5, 0.6) is 0 Å². The van der Waals surface area contributed by atoms with Crippen molar-refractivity contribution in [3.8, 4) is 0 Å². The number of hydrogen-bond donors (Lipinski definition) is 2. The topological polar surface area (TPSA) is 69.6 Å². The maximum atomic E-state index is 11.8. The third-order valence-electron chi connectivity index (χ3n) is 3.27. The van der Waals surface area contributed by atoms with Gasteiger partial charge in [-0.25, -0.2) is 4.79 Å². The van der Waals surface area contributed by atoms with E-state index in [0.29, 0.717) is 5.75 Å². The molecular weight excluding hydrogens is 240 g/mol. The van der Waals surface area contributed by atoms with Gasteiger partial charge in [0.2, 0.25) is 5.91 Å². The molecule has 2 aliphatic heterocycles. The number of unbranched alkanes of at least 4 members (excludes halogenated alkanes) is 2. The van der Waals surface area contributed by atoms with Crippen molar-refractivity contribution in [2.45, 2.75) is 43.6 Å². The minimum atomic E-state index is -0.891. The van der Waals surface area contributed by atoms with Gasteiger partial charge in [0.1, 0.15) is 17.5 Å². The second kappa shape index (κ2) is 5.27. The van der Waals surface area contributed by atoms with Gasteiger partial charge in [-0.2, -0.15) is 0 Å². The van der Waals surface area contributed by atoms with Crippen molar-refractivity contribution in [2.24, 2.45) is 0 Å². The molecular formula is C11H18N2O3S. The number of amides is 1. The van der Waals surface area contributed by atoms with Gasteiger partial charge in [-0.15, -0.1) is 11.8 Å². The highest BCUT2D eigenvalue weighted by molar-refractivity contribution is 8.00. The molecule has 0 radical (unpaired) electrons. The Bertz CT molecular complexity index is 324. The van der Waals surface area contributed by atoms with E-state index < -0.39 is 12.0 Å². The fourth-order valence-corrected chi connectivity index (χ4v) is 3.77. The number of carboxylic acid groups (broad SMARTS) is 1. The third-order valence-corrected chi connectivity index (χ3v) is 4.62. The van der Waals surface area contributed by atoms with Crippen LogP contribution in [0.15, 0.2) is 0 Å². The SMILES string of the molecule is CCCCCNC1C(=O)N2C(C(=O)O)CSC12. The molecule has 0 aromatic carbocycles. The van der Waals surface area contributed by atoms with Gasteiger partial charge in [0, 0.05) is 5.75 Å². The number of rotatable bonds is 6. The lowest BCUT2D eigenvalue weighted by atomic mass is 10.0. The first-order valence-corrected chi connectivity index (χ1v) is 7.11. The zero-order valence-electron chi connectivity index (χ0n) is 9.89. The largest absolute Gasteiger partial charge is 0.480 e.